The van der Waals surface area contributed by atoms with Crippen LogP contribution in [0.3, 0.4) is 0 Å². The van der Waals surface area contributed by atoms with Crippen LogP contribution in [-0.2, 0) is 4.79 Å². The summed E-state index contributed by atoms with van der Waals surface area (Å²) in [6, 6.07) is 5.24. The minimum atomic E-state index is -0.965. The second kappa shape index (κ2) is 4.31. The number of carboxylic acid groups (broad SMARTS) is 1. The highest BCUT2D eigenvalue weighted by Gasteiger charge is 2.34. The summed E-state index contributed by atoms with van der Waals surface area (Å²) in [5, 5.41) is 12.2. The summed E-state index contributed by atoms with van der Waals surface area (Å²) in [7, 11) is 0. The summed E-state index contributed by atoms with van der Waals surface area (Å²) in [4.78, 5) is 27.5. The molecule has 1 aromatic carbocycles. The van der Waals surface area contributed by atoms with Gasteiger partial charge in [0, 0.05) is 18.9 Å². The molecule has 6 heteroatoms. The van der Waals surface area contributed by atoms with Crippen molar-refractivity contribution in [3.63, 3.8) is 0 Å². The number of nitrogens with zero attached hydrogens (tertiary/aromatic N) is 2. The first-order valence-electron chi connectivity index (χ1n) is 7.16. The van der Waals surface area contributed by atoms with E-state index in [-0.39, 0.29) is 17.5 Å². The van der Waals surface area contributed by atoms with Crippen LogP contribution in [0.5, 0.6) is 0 Å². The molecule has 4 rings (SSSR count). The van der Waals surface area contributed by atoms with E-state index in [2.05, 4.69) is 14.9 Å². The number of carbonyl (C=O) groups is 2. The summed E-state index contributed by atoms with van der Waals surface area (Å²) in [5.74, 6) is 0.404. The Morgan fingerprint density at radius 2 is 2.19 bits per heavy atom. The smallest absolute Gasteiger partial charge is 0.337 e. The first-order chi connectivity index (χ1) is 10.1. The third-order valence-electron chi connectivity index (χ3n) is 4.24. The van der Waals surface area contributed by atoms with E-state index in [4.69, 9.17) is 0 Å². The maximum absolute atomic E-state index is 11.5. The molecule has 1 saturated heterocycles. The molecule has 2 N–H and O–H groups in total. The van der Waals surface area contributed by atoms with Gasteiger partial charge in [0.25, 0.3) is 0 Å². The van der Waals surface area contributed by atoms with E-state index in [1.54, 1.807) is 12.1 Å². The molecule has 2 aliphatic rings. The van der Waals surface area contributed by atoms with Crippen molar-refractivity contribution in [3.05, 3.63) is 29.6 Å². The Bertz CT molecular complexity index is 761. The Hall–Kier alpha value is -2.37. The van der Waals surface area contributed by atoms with Crippen molar-refractivity contribution in [2.45, 2.75) is 31.2 Å². The maximum Gasteiger partial charge on any atom is 0.337 e. The van der Waals surface area contributed by atoms with Gasteiger partial charge in [-0.1, -0.05) is 6.07 Å². The van der Waals surface area contributed by atoms with Crippen LogP contribution in [0.1, 0.15) is 47.4 Å². The van der Waals surface area contributed by atoms with Gasteiger partial charge in [0.1, 0.15) is 11.3 Å². The van der Waals surface area contributed by atoms with E-state index >= 15 is 0 Å². The number of para-hydroxylation sites is 1. The molecule has 1 aliphatic heterocycles. The molecule has 21 heavy (non-hydrogen) atoms. The van der Waals surface area contributed by atoms with Crippen molar-refractivity contribution in [2.75, 3.05) is 6.54 Å². The number of amides is 1. The molecular formula is C15H15N3O3. The molecule has 0 spiro atoms. The van der Waals surface area contributed by atoms with E-state index < -0.39 is 5.97 Å². The number of nitrogens with one attached hydrogen (secondary N) is 1. The molecule has 1 aromatic heterocycles. The fraction of sp³-hybridized carbons (Fsp3) is 0.400. The van der Waals surface area contributed by atoms with Crippen LogP contribution < -0.4 is 5.32 Å². The van der Waals surface area contributed by atoms with Gasteiger partial charge in [-0.3, -0.25) is 4.79 Å². The van der Waals surface area contributed by atoms with Crippen molar-refractivity contribution in [3.8, 4) is 0 Å². The van der Waals surface area contributed by atoms with Crippen LogP contribution >= 0.6 is 0 Å². The third-order valence-corrected chi connectivity index (χ3v) is 4.24. The molecule has 0 bridgehead atoms. The molecule has 2 fully saturated rings. The normalized spacial score (nSPS) is 21.7. The largest absolute Gasteiger partial charge is 0.478 e. The Kier molecular flexibility index (Phi) is 2.54. The van der Waals surface area contributed by atoms with Crippen molar-refractivity contribution in [1.29, 1.82) is 0 Å². The fourth-order valence-electron chi connectivity index (χ4n) is 3.09. The average Bonchev–Trinajstić information content (AvgIpc) is 3.10. The van der Waals surface area contributed by atoms with Gasteiger partial charge >= 0.3 is 5.97 Å². The van der Waals surface area contributed by atoms with Crippen molar-refractivity contribution in [2.24, 2.45) is 0 Å². The zero-order valence-electron chi connectivity index (χ0n) is 11.4. The summed E-state index contributed by atoms with van der Waals surface area (Å²) in [6.45, 7) is 0.585. The van der Waals surface area contributed by atoms with Crippen LogP contribution in [-0.4, -0.2) is 33.1 Å². The average molecular weight is 285 g/mol. The minimum absolute atomic E-state index is 0.0298. The lowest BCUT2D eigenvalue weighted by Crippen LogP contribution is -2.16. The van der Waals surface area contributed by atoms with Gasteiger partial charge in [-0.15, -0.1) is 0 Å². The number of aromatic carboxylic acids is 1. The van der Waals surface area contributed by atoms with Gasteiger partial charge in [-0.2, -0.15) is 0 Å². The lowest BCUT2D eigenvalue weighted by Gasteiger charge is -2.14. The predicted octanol–water partition coefficient (Wildman–Crippen LogP) is 1.67. The molecule has 1 aliphatic carbocycles. The topological polar surface area (TPSA) is 84.2 Å². The number of benzene rings is 1. The number of hydrogen-bond acceptors (Lipinski definition) is 3. The fourth-order valence-corrected chi connectivity index (χ4v) is 3.09. The molecule has 1 atom stereocenters. The number of imidazole rings is 1. The molecule has 6 nitrogen and oxygen atoms in total. The quantitative estimate of drug-likeness (QED) is 0.898. The highest BCUT2D eigenvalue weighted by molar-refractivity contribution is 6.01. The zero-order valence-corrected chi connectivity index (χ0v) is 11.4. The van der Waals surface area contributed by atoms with Crippen LogP contribution in [0.25, 0.3) is 11.0 Å². The molecule has 108 valence electrons. The van der Waals surface area contributed by atoms with Gasteiger partial charge in [0.15, 0.2) is 0 Å². The van der Waals surface area contributed by atoms with Crippen LogP contribution in [0.15, 0.2) is 18.2 Å². The lowest BCUT2D eigenvalue weighted by atomic mass is 10.1. The predicted molar refractivity (Wildman–Crippen MR) is 75.3 cm³/mol. The second-order valence-electron chi connectivity index (χ2n) is 5.75. The van der Waals surface area contributed by atoms with Crippen LogP contribution in [0.2, 0.25) is 0 Å². The van der Waals surface area contributed by atoms with E-state index in [1.807, 2.05) is 6.07 Å². The monoisotopic (exact) mass is 285 g/mol. The number of carboxylic acids is 1. The first kappa shape index (κ1) is 12.4. The Labute approximate surface area is 120 Å². The molecule has 0 radical (unpaired) electrons. The molecule has 2 heterocycles. The SMILES string of the molecule is O=C1CC(n2c(C3CC3)nc3c(C(=O)O)cccc32)CN1. The van der Waals surface area contributed by atoms with E-state index in [9.17, 15) is 14.7 Å². The van der Waals surface area contributed by atoms with Gasteiger partial charge in [0.2, 0.25) is 5.91 Å². The van der Waals surface area contributed by atoms with Crippen LogP contribution in [0, 0.1) is 0 Å². The van der Waals surface area contributed by atoms with Gasteiger partial charge in [-0.25, -0.2) is 9.78 Å². The van der Waals surface area contributed by atoms with Crippen molar-refractivity contribution >= 4 is 22.9 Å². The van der Waals surface area contributed by atoms with E-state index in [0.717, 1.165) is 24.2 Å². The van der Waals surface area contributed by atoms with Gasteiger partial charge in [0.05, 0.1) is 17.1 Å². The highest BCUT2D eigenvalue weighted by Crippen LogP contribution is 2.42. The molecule has 2 aromatic rings. The number of aromatic nitrogens is 2. The highest BCUT2D eigenvalue weighted by atomic mass is 16.4. The zero-order chi connectivity index (χ0) is 14.6. The van der Waals surface area contributed by atoms with Gasteiger partial charge < -0.3 is 15.0 Å². The third kappa shape index (κ3) is 1.90. The summed E-state index contributed by atoms with van der Waals surface area (Å²) < 4.78 is 2.08. The van der Waals surface area contributed by atoms with Crippen molar-refractivity contribution in [1.82, 2.24) is 14.9 Å². The Balaban J connectivity index is 1.94. The minimum Gasteiger partial charge on any atom is -0.478 e. The lowest BCUT2D eigenvalue weighted by molar-refractivity contribution is -0.119. The summed E-state index contributed by atoms with van der Waals surface area (Å²) in [5.41, 5.74) is 1.58. The van der Waals surface area contributed by atoms with Gasteiger partial charge in [-0.05, 0) is 25.0 Å². The van der Waals surface area contributed by atoms with E-state index in [0.29, 0.717) is 24.4 Å². The number of rotatable bonds is 3. The van der Waals surface area contributed by atoms with Crippen LogP contribution in [0.4, 0.5) is 0 Å². The molecule has 1 saturated carbocycles. The summed E-state index contributed by atoms with van der Waals surface area (Å²) >= 11 is 0. The standard InChI is InChI=1S/C15H15N3O3/c19-12-6-9(7-16-12)18-11-3-1-2-10(15(20)21)13(11)17-14(18)8-4-5-8/h1-3,8-9H,4-7H2,(H,16,19)(H,20,21). The second-order valence-corrected chi connectivity index (χ2v) is 5.75. The maximum atomic E-state index is 11.5. The number of carbonyl (C=O) groups excluding carboxylic acids is 1. The summed E-state index contributed by atoms with van der Waals surface area (Å²) in [6.07, 6.45) is 2.60. The Morgan fingerprint density at radius 3 is 2.81 bits per heavy atom. The van der Waals surface area contributed by atoms with Crippen molar-refractivity contribution < 1.29 is 14.7 Å². The molecular weight excluding hydrogens is 270 g/mol. The number of hydrogen-bond donors (Lipinski definition) is 2. The molecule has 1 unspecified atom stereocenters. The Morgan fingerprint density at radius 1 is 1.38 bits per heavy atom. The first-order valence-corrected chi connectivity index (χ1v) is 7.16. The van der Waals surface area contributed by atoms with E-state index in [1.165, 1.54) is 0 Å². The molecule has 1 amide bonds. The number of fused-ring (bicyclic) bond motifs is 1.